The van der Waals surface area contributed by atoms with Gasteiger partial charge in [-0.05, 0) is 110 Å². The summed E-state index contributed by atoms with van der Waals surface area (Å²) in [5.74, 6) is -0.314. The molecular weight excluding hydrogens is 942 g/mol. The van der Waals surface area contributed by atoms with Gasteiger partial charge in [-0.15, -0.1) is 0 Å². The number of ether oxygens (including phenoxy) is 1. The first-order valence-corrected chi connectivity index (χ1v) is 26.3. The van der Waals surface area contributed by atoms with E-state index < -0.39 is 30.7 Å². The number of fused-ring (bicyclic) bond motifs is 2. The highest BCUT2D eigenvalue weighted by Crippen LogP contribution is 2.42. The number of carbonyl (C=O) groups excluding carboxylic acids is 2. The van der Waals surface area contributed by atoms with Crippen molar-refractivity contribution in [3.63, 3.8) is 0 Å². The van der Waals surface area contributed by atoms with Gasteiger partial charge in [-0.25, -0.2) is 14.2 Å². The Bertz CT molecular complexity index is 2960. The van der Waals surface area contributed by atoms with Gasteiger partial charge < -0.3 is 34.2 Å². The highest BCUT2D eigenvalue weighted by atomic mass is 79.9. The van der Waals surface area contributed by atoms with Crippen molar-refractivity contribution in [1.82, 2.24) is 34.6 Å². The molecule has 3 aromatic carbocycles. The van der Waals surface area contributed by atoms with E-state index in [4.69, 9.17) is 14.1 Å². The zero-order valence-electron chi connectivity index (χ0n) is 38.1. The molecule has 19 heteroatoms. The quantitative estimate of drug-likeness (QED) is 0.0729. The Hall–Kier alpha value is -5.68. The number of hydrogen-bond donors (Lipinski definition) is 3. The van der Waals surface area contributed by atoms with E-state index in [1.54, 1.807) is 31.8 Å². The molecule has 1 unspecified atom stereocenters. The van der Waals surface area contributed by atoms with E-state index in [0.29, 0.717) is 67.6 Å². The number of aryl methyl sites for hydroxylation is 1. The molecule has 0 radical (unpaired) electrons. The van der Waals surface area contributed by atoms with Crippen molar-refractivity contribution in [2.24, 2.45) is 0 Å². The van der Waals surface area contributed by atoms with Crippen molar-refractivity contribution in [2.75, 3.05) is 81.3 Å². The molecule has 3 fully saturated rings. The lowest BCUT2D eigenvalue weighted by Gasteiger charge is -2.43. The minimum atomic E-state index is -2.86. The standard InChI is InChI=1S/C48H55BrFN10O6P/c1-5-30-24-36(54-47-52-27-34(49)45(56-47)53-37-28-51-35-25-31(50)8-9-33(35)44(37)67(3,4)64)41(65-6-2)26-40(30)59-17-14-32(15-18-59)58-21-19-57(20-22-58)16-13-29-7-10-38-42(23-29)66-48(63)60(38)39-11-12-43(61)55-46(39)62/h7-10,23-28,32,39H,5-6,11-22H2,1-4H3,(H,55,61,62)(H2,52,53,54,56). The maximum Gasteiger partial charge on any atom is 0.420 e. The van der Waals surface area contributed by atoms with Crippen molar-refractivity contribution in [3.05, 3.63) is 92.9 Å². The molecule has 6 aromatic rings. The summed E-state index contributed by atoms with van der Waals surface area (Å²) in [6.07, 6.45) is 7.43. The van der Waals surface area contributed by atoms with Crippen LogP contribution in [0, 0.1) is 5.82 Å². The van der Waals surface area contributed by atoms with Crippen molar-refractivity contribution in [3.8, 4) is 5.75 Å². The van der Waals surface area contributed by atoms with Crippen molar-refractivity contribution < 1.29 is 27.7 Å². The van der Waals surface area contributed by atoms with Crippen LogP contribution in [0.15, 0.2) is 74.6 Å². The Morgan fingerprint density at radius 1 is 0.925 bits per heavy atom. The highest BCUT2D eigenvalue weighted by molar-refractivity contribution is 9.10. The van der Waals surface area contributed by atoms with E-state index in [1.165, 1.54) is 28.0 Å². The van der Waals surface area contributed by atoms with Crippen molar-refractivity contribution >= 4 is 91.0 Å². The summed E-state index contributed by atoms with van der Waals surface area (Å²) in [5, 5.41) is 10.2. The molecule has 2 amide bonds. The predicted octanol–water partition coefficient (Wildman–Crippen LogP) is 7.34. The van der Waals surface area contributed by atoms with E-state index in [0.717, 1.165) is 82.7 Å². The zero-order chi connectivity index (χ0) is 47.0. The number of oxazole rings is 1. The Balaban J connectivity index is 0.812. The first-order valence-electron chi connectivity index (χ1n) is 23.0. The van der Waals surface area contributed by atoms with Gasteiger partial charge in [0.2, 0.25) is 17.8 Å². The monoisotopic (exact) mass is 996 g/mol. The number of nitrogens with zero attached hydrogens (tertiary/aromatic N) is 7. The molecule has 0 spiro atoms. The minimum Gasteiger partial charge on any atom is -0.492 e. The first kappa shape index (κ1) is 46.4. The normalized spacial score (nSPS) is 17.9. The molecule has 3 saturated heterocycles. The number of anilines is 5. The molecule has 3 aliphatic heterocycles. The molecule has 0 saturated carbocycles. The van der Waals surface area contributed by atoms with E-state index in [1.807, 2.05) is 25.1 Å². The highest BCUT2D eigenvalue weighted by Gasteiger charge is 2.32. The van der Waals surface area contributed by atoms with Crippen LogP contribution in [0.2, 0.25) is 0 Å². The maximum atomic E-state index is 14.1. The smallest absolute Gasteiger partial charge is 0.420 e. The van der Waals surface area contributed by atoms with Gasteiger partial charge in [0, 0.05) is 93.0 Å². The van der Waals surface area contributed by atoms with Gasteiger partial charge in [-0.2, -0.15) is 4.98 Å². The average molecular weight is 998 g/mol. The third-order valence-corrected chi connectivity index (χ3v) is 15.2. The van der Waals surface area contributed by atoms with Gasteiger partial charge in [-0.1, -0.05) is 13.0 Å². The molecule has 3 N–H and O–H groups in total. The Labute approximate surface area is 396 Å². The predicted molar refractivity (Wildman–Crippen MR) is 263 cm³/mol. The van der Waals surface area contributed by atoms with Crippen LogP contribution in [0.5, 0.6) is 5.75 Å². The van der Waals surface area contributed by atoms with E-state index in [9.17, 15) is 23.3 Å². The first-order chi connectivity index (χ1) is 32.3. The topological polar surface area (TPSA) is 180 Å². The fraction of sp³-hybridized carbons (Fsp3) is 0.417. The number of halogens is 2. The minimum absolute atomic E-state index is 0.185. The Morgan fingerprint density at radius 2 is 1.72 bits per heavy atom. The molecule has 0 aliphatic carbocycles. The number of nitrogens with one attached hydrogen (secondary N) is 3. The van der Waals surface area contributed by atoms with Crippen molar-refractivity contribution in [1.29, 1.82) is 0 Å². The third-order valence-electron chi connectivity index (χ3n) is 13.1. The average Bonchev–Trinajstić information content (AvgIpc) is 3.64. The van der Waals surface area contributed by atoms with Crippen LogP contribution in [0.1, 0.15) is 56.7 Å². The summed E-state index contributed by atoms with van der Waals surface area (Å²) in [4.78, 5) is 58.3. The fourth-order valence-electron chi connectivity index (χ4n) is 9.72. The molecule has 6 heterocycles. The number of piperidine rings is 2. The molecule has 1 atom stereocenters. The summed E-state index contributed by atoms with van der Waals surface area (Å²) >= 11 is 3.57. The van der Waals surface area contributed by atoms with Gasteiger partial charge in [0.05, 0.1) is 39.7 Å². The van der Waals surface area contributed by atoms with Crippen LogP contribution in [0.25, 0.3) is 22.0 Å². The number of pyridine rings is 1. The van der Waals surface area contributed by atoms with E-state index in [-0.39, 0.29) is 18.7 Å². The third kappa shape index (κ3) is 9.99. The number of rotatable bonds is 14. The number of benzene rings is 3. The summed E-state index contributed by atoms with van der Waals surface area (Å²) in [6, 6.07) is 14.1. The van der Waals surface area contributed by atoms with Gasteiger partial charge >= 0.3 is 5.76 Å². The van der Waals surface area contributed by atoms with Crippen LogP contribution >= 0.6 is 23.1 Å². The molecule has 352 valence electrons. The van der Waals surface area contributed by atoms with Gasteiger partial charge in [-0.3, -0.25) is 29.4 Å². The molecule has 9 rings (SSSR count). The van der Waals surface area contributed by atoms with Gasteiger partial charge in [0.25, 0.3) is 0 Å². The second-order valence-corrected chi connectivity index (χ2v) is 21.8. The maximum absolute atomic E-state index is 14.1. The summed E-state index contributed by atoms with van der Waals surface area (Å²) in [6.45, 7) is 14.7. The van der Waals surface area contributed by atoms with Crippen molar-refractivity contribution in [2.45, 2.75) is 64.5 Å². The largest absolute Gasteiger partial charge is 0.492 e. The molecule has 0 bridgehead atoms. The lowest BCUT2D eigenvalue weighted by Crippen LogP contribution is -2.53. The lowest BCUT2D eigenvalue weighted by molar-refractivity contribution is -0.135. The van der Waals surface area contributed by atoms with E-state index >= 15 is 0 Å². The lowest BCUT2D eigenvalue weighted by atomic mass is 9.99. The molecular formula is C48H55BrFN10O6P. The number of amides is 2. The number of aromatic nitrogens is 4. The molecule has 3 aliphatic rings. The van der Waals surface area contributed by atoms with E-state index in [2.05, 4.69) is 75.6 Å². The summed E-state index contributed by atoms with van der Waals surface area (Å²) in [5.41, 5.74) is 6.13. The SMILES string of the molecule is CCOc1cc(N2CCC(N3CCN(CCc4ccc5c(c4)oc(=O)n5C4CCC(=O)NC4=O)CC3)CC2)c(CC)cc1Nc1ncc(Br)c(Nc2cnc3cc(F)ccc3c2P(C)(C)=O)n1. The number of piperazine rings is 1. The second kappa shape index (κ2) is 19.5. The Morgan fingerprint density at radius 3 is 2.45 bits per heavy atom. The molecule has 16 nitrogen and oxygen atoms in total. The zero-order valence-corrected chi connectivity index (χ0v) is 40.6. The van der Waals surface area contributed by atoms with Crippen LogP contribution < -0.4 is 36.6 Å². The van der Waals surface area contributed by atoms with Gasteiger partial charge in [0.15, 0.2) is 5.58 Å². The molecule has 67 heavy (non-hydrogen) atoms. The number of hydrogen-bond acceptors (Lipinski definition) is 14. The number of imide groups is 1. The van der Waals surface area contributed by atoms with Gasteiger partial charge in [0.1, 0.15) is 30.6 Å². The summed E-state index contributed by atoms with van der Waals surface area (Å²) < 4.78 is 41.4. The van der Waals surface area contributed by atoms with Crippen LogP contribution in [0.3, 0.4) is 0 Å². The molecule has 3 aromatic heterocycles. The summed E-state index contributed by atoms with van der Waals surface area (Å²) in [7, 11) is -2.86. The second-order valence-electron chi connectivity index (χ2n) is 17.8. The Kier molecular flexibility index (Phi) is 13.5. The van der Waals surface area contributed by atoms with Crippen LogP contribution in [-0.4, -0.2) is 113 Å². The van der Waals surface area contributed by atoms with Crippen LogP contribution in [0.4, 0.5) is 33.2 Å². The fourth-order valence-corrected chi connectivity index (χ4v) is 11.5. The van der Waals surface area contributed by atoms with Crippen LogP contribution in [-0.2, 0) is 27.0 Å². The number of carbonyl (C=O) groups is 2.